The number of alkyl halides is 3. The first kappa shape index (κ1) is 21.5. The van der Waals surface area contributed by atoms with E-state index in [2.05, 4.69) is 4.72 Å². The van der Waals surface area contributed by atoms with E-state index in [0.29, 0.717) is 17.9 Å². The molecule has 0 aliphatic heterocycles. The molecule has 1 amide bonds. The molecular weight excluding hydrogens is 397 g/mol. The molecule has 0 atom stereocenters. The average molecular weight is 416 g/mol. The summed E-state index contributed by atoms with van der Waals surface area (Å²) >= 11 is 0. The summed E-state index contributed by atoms with van der Waals surface area (Å²) < 4.78 is 69.8. The maximum absolute atomic E-state index is 12.7. The molecule has 0 bridgehead atoms. The van der Waals surface area contributed by atoms with Crippen LogP contribution in [0.3, 0.4) is 0 Å². The van der Waals surface area contributed by atoms with Crippen molar-refractivity contribution in [1.29, 1.82) is 0 Å². The van der Waals surface area contributed by atoms with Crippen LogP contribution in [0.5, 0.6) is 5.75 Å². The van der Waals surface area contributed by atoms with Crippen molar-refractivity contribution >= 4 is 21.6 Å². The van der Waals surface area contributed by atoms with Crippen molar-refractivity contribution in [3.05, 3.63) is 53.6 Å². The molecular formula is C18H19F3N2O4S. The number of aryl methyl sites for hydroxylation is 1. The van der Waals surface area contributed by atoms with E-state index in [1.54, 1.807) is 17.4 Å². The molecule has 6 nitrogen and oxygen atoms in total. The van der Waals surface area contributed by atoms with E-state index in [4.69, 9.17) is 4.74 Å². The number of nitrogens with one attached hydrogen (secondary N) is 2. The fraction of sp³-hybridized carbons (Fsp3) is 0.278. The van der Waals surface area contributed by atoms with Gasteiger partial charge in [0.1, 0.15) is 12.3 Å². The van der Waals surface area contributed by atoms with E-state index in [9.17, 15) is 26.4 Å². The van der Waals surface area contributed by atoms with Crippen LogP contribution in [-0.2, 0) is 10.0 Å². The van der Waals surface area contributed by atoms with Crippen LogP contribution < -0.4 is 14.8 Å². The first-order chi connectivity index (χ1) is 13.0. The Morgan fingerprint density at radius 3 is 2.32 bits per heavy atom. The molecule has 2 aromatic carbocycles. The van der Waals surface area contributed by atoms with Gasteiger partial charge in [0.25, 0.3) is 15.9 Å². The largest absolute Gasteiger partial charge is 0.494 e. The lowest BCUT2D eigenvalue weighted by Gasteiger charge is -2.13. The Labute approximate surface area is 160 Å². The number of hydrogen-bond acceptors (Lipinski definition) is 4. The molecule has 0 unspecified atom stereocenters. The number of halogens is 3. The van der Waals surface area contributed by atoms with Crippen LogP contribution in [0.15, 0.2) is 47.4 Å². The van der Waals surface area contributed by atoms with Gasteiger partial charge in [0.15, 0.2) is 0 Å². The van der Waals surface area contributed by atoms with E-state index >= 15 is 0 Å². The maximum Gasteiger partial charge on any atom is 0.405 e. The molecule has 2 N–H and O–H groups in total. The Bertz CT molecular complexity index is 942. The van der Waals surface area contributed by atoms with Gasteiger partial charge in [0.2, 0.25) is 0 Å². The second kappa shape index (κ2) is 8.51. The molecule has 152 valence electrons. The first-order valence-corrected chi connectivity index (χ1v) is 9.71. The summed E-state index contributed by atoms with van der Waals surface area (Å²) in [6.45, 7) is 2.29. The number of hydrogen-bond donors (Lipinski definition) is 2. The molecule has 10 heteroatoms. The lowest BCUT2D eigenvalue weighted by molar-refractivity contribution is -0.123. The molecule has 0 saturated carbocycles. The number of sulfonamides is 1. The number of benzene rings is 2. The SMILES string of the molecule is CCOc1ccc(NS(=O)(=O)c2cc(C(=O)NCC(F)(F)F)ccc2C)cc1. The van der Waals surface area contributed by atoms with Gasteiger partial charge < -0.3 is 10.1 Å². The molecule has 0 heterocycles. The van der Waals surface area contributed by atoms with Crippen molar-refractivity contribution in [2.24, 2.45) is 0 Å². The summed E-state index contributed by atoms with van der Waals surface area (Å²) in [5, 5.41) is 1.71. The summed E-state index contributed by atoms with van der Waals surface area (Å²) in [7, 11) is -4.06. The number of ether oxygens (including phenoxy) is 1. The summed E-state index contributed by atoms with van der Waals surface area (Å²) in [6, 6.07) is 9.87. The smallest absolute Gasteiger partial charge is 0.405 e. The van der Waals surface area contributed by atoms with Crippen LogP contribution in [0.2, 0.25) is 0 Å². The molecule has 0 radical (unpaired) electrons. The van der Waals surface area contributed by atoms with Gasteiger partial charge in [0.05, 0.1) is 11.5 Å². The number of rotatable bonds is 7. The van der Waals surface area contributed by atoms with Gasteiger partial charge in [-0.05, 0) is 55.8 Å². The Hall–Kier alpha value is -2.75. The highest BCUT2D eigenvalue weighted by atomic mass is 32.2. The predicted molar refractivity (Wildman–Crippen MR) is 98.0 cm³/mol. The fourth-order valence-corrected chi connectivity index (χ4v) is 3.64. The second-order valence-corrected chi connectivity index (χ2v) is 7.49. The zero-order valence-corrected chi connectivity index (χ0v) is 15.9. The van der Waals surface area contributed by atoms with Crippen molar-refractivity contribution in [1.82, 2.24) is 5.32 Å². The van der Waals surface area contributed by atoms with Crippen LogP contribution in [0, 0.1) is 6.92 Å². The Balaban J connectivity index is 2.23. The van der Waals surface area contributed by atoms with Crippen molar-refractivity contribution in [2.75, 3.05) is 17.9 Å². The third-order valence-corrected chi connectivity index (χ3v) is 5.13. The Kier molecular flexibility index (Phi) is 6.55. The normalized spacial score (nSPS) is 11.8. The summed E-state index contributed by atoms with van der Waals surface area (Å²) in [5.41, 5.74) is 0.419. The van der Waals surface area contributed by atoms with Crippen molar-refractivity contribution in [2.45, 2.75) is 24.9 Å². The number of carbonyl (C=O) groups is 1. The van der Waals surface area contributed by atoms with Crippen molar-refractivity contribution < 1.29 is 31.1 Å². The van der Waals surface area contributed by atoms with Gasteiger partial charge in [-0.15, -0.1) is 0 Å². The molecule has 0 fully saturated rings. The minimum atomic E-state index is -4.57. The van der Waals surface area contributed by atoms with Gasteiger partial charge in [-0.2, -0.15) is 13.2 Å². The standard InChI is InChI=1S/C18H19F3N2O4S/c1-3-27-15-8-6-14(7-9-15)23-28(25,26)16-10-13(5-4-12(16)2)17(24)22-11-18(19,20)21/h4-10,23H,3,11H2,1-2H3,(H,22,24). The minimum absolute atomic E-state index is 0.193. The molecule has 0 aliphatic carbocycles. The van der Waals surface area contributed by atoms with E-state index in [-0.39, 0.29) is 16.1 Å². The highest BCUT2D eigenvalue weighted by Gasteiger charge is 2.28. The third kappa shape index (κ3) is 5.88. The monoisotopic (exact) mass is 416 g/mol. The molecule has 0 aliphatic rings. The second-order valence-electron chi connectivity index (χ2n) is 5.84. The summed E-state index contributed by atoms with van der Waals surface area (Å²) in [6.07, 6.45) is -4.57. The van der Waals surface area contributed by atoms with Crippen molar-refractivity contribution in [3.8, 4) is 5.75 Å². The Morgan fingerprint density at radius 1 is 1.11 bits per heavy atom. The van der Waals surface area contributed by atoms with Crippen molar-refractivity contribution in [3.63, 3.8) is 0 Å². The van der Waals surface area contributed by atoms with E-state index < -0.39 is 28.7 Å². The summed E-state index contributed by atoms with van der Waals surface area (Å²) in [4.78, 5) is 11.7. The van der Waals surface area contributed by atoms with Gasteiger partial charge in [-0.3, -0.25) is 9.52 Å². The molecule has 0 saturated heterocycles. The average Bonchev–Trinajstić information content (AvgIpc) is 2.61. The zero-order valence-electron chi connectivity index (χ0n) is 15.1. The number of amides is 1. The van der Waals surface area contributed by atoms with Gasteiger partial charge in [-0.1, -0.05) is 6.07 Å². The number of anilines is 1. The maximum atomic E-state index is 12.7. The van der Waals surface area contributed by atoms with Gasteiger partial charge in [0, 0.05) is 11.3 Å². The van der Waals surface area contributed by atoms with Crippen LogP contribution >= 0.6 is 0 Å². The molecule has 28 heavy (non-hydrogen) atoms. The fourth-order valence-electron chi connectivity index (χ4n) is 2.31. The predicted octanol–water partition coefficient (Wildman–Crippen LogP) is 3.49. The molecule has 2 aromatic rings. The van der Waals surface area contributed by atoms with E-state index in [1.807, 2.05) is 6.92 Å². The van der Waals surface area contributed by atoms with Crippen LogP contribution in [-0.4, -0.2) is 33.7 Å². The highest BCUT2D eigenvalue weighted by Crippen LogP contribution is 2.23. The van der Waals surface area contributed by atoms with Crippen LogP contribution in [0.25, 0.3) is 0 Å². The minimum Gasteiger partial charge on any atom is -0.494 e. The molecule has 0 aromatic heterocycles. The molecule has 0 spiro atoms. The Morgan fingerprint density at radius 2 is 1.75 bits per heavy atom. The van der Waals surface area contributed by atoms with Crippen LogP contribution in [0.4, 0.5) is 18.9 Å². The third-order valence-electron chi connectivity index (χ3n) is 3.61. The topological polar surface area (TPSA) is 84.5 Å². The number of carbonyl (C=O) groups excluding carboxylic acids is 1. The highest BCUT2D eigenvalue weighted by molar-refractivity contribution is 7.92. The quantitative estimate of drug-likeness (QED) is 0.724. The zero-order chi connectivity index (χ0) is 20.9. The van der Waals surface area contributed by atoms with E-state index in [1.165, 1.54) is 31.2 Å². The lowest BCUT2D eigenvalue weighted by Crippen LogP contribution is -2.33. The lowest BCUT2D eigenvalue weighted by atomic mass is 10.1. The first-order valence-electron chi connectivity index (χ1n) is 8.23. The van der Waals surface area contributed by atoms with E-state index in [0.717, 1.165) is 6.07 Å². The summed E-state index contributed by atoms with van der Waals surface area (Å²) in [5.74, 6) is -0.445. The van der Waals surface area contributed by atoms with Crippen LogP contribution in [0.1, 0.15) is 22.8 Å². The van der Waals surface area contributed by atoms with Gasteiger partial charge in [-0.25, -0.2) is 8.42 Å². The molecule has 2 rings (SSSR count). The van der Waals surface area contributed by atoms with Gasteiger partial charge >= 0.3 is 6.18 Å².